The van der Waals surface area contributed by atoms with Crippen LogP contribution in [0.1, 0.15) is 290 Å². The molecular weight excluding hydrogens is 803 g/mol. The SMILES string of the molecule is CCCCCC/C=C\C/C=C\CCCCCCCCCC(=O)OCCCCCCCCCCC/C=C\CCCCCCCC(=O)NC(CO)C(O)/C=C/CCCCCCCCCCCC. The van der Waals surface area contributed by atoms with Gasteiger partial charge in [-0.2, -0.15) is 0 Å². The van der Waals surface area contributed by atoms with E-state index in [1.54, 1.807) is 6.08 Å². The molecule has 0 aliphatic heterocycles. The van der Waals surface area contributed by atoms with Gasteiger partial charge in [-0.3, -0.25) is 9.59 Å². The number of amides is 1. The van der Waals surface area contributed by atoms with Gasteiger partial charge in [-0.15, -0.1) is 0 Å². The van der Waals surface area contributed by atoms with Gasteiger partial charge in [0.15, 0.2) is 0 Å². The molecule has 3 N–H and O–H groups in total. The number of hydrogen-bond acceptors (Lipinski definition) is 5. The van der Waals surface area contributed by atoms with Crippen molar-refractivity contribution < 1.29 is 24.5 Å². The van der Waals surface area contributed by atoms with Crippen LogP contribution < -0.4 is 5.32 Å². The third kappa shape index (κ3) is 51.1. The lowest BCUT2D eigenvalue weighted by atomic mass is 10.1. The van der Waals surface area contributed by atoms with Gasteiger partial charge in [0.1, 0.15) is 0 Å². The van der Waals surface area contributed by atoms with Crippen LogP contribution in [0.5, 0.6) is 0 Å². The zero-order valence-electron chi connectivity index (χ0n) is 43.2. The van der Waals surface area contributed by atoms with Gasteiger partial charge in [-0.25, -0.2) is 0 Å². The Morgan fingerprint density at radius 1 is 0.431 bits per heavy atom. The Hall–Kier alpha value is -2.18. The smallest absolute Gasteiger partial charge is 0.305 e. The number of hydrogen-bond donors (Lipinski definition) is 3. The second kappa shape index (κ2) is 54.4. The van der Waals surface area contributed by atoms with Crippen molar-refractivity contribution in [3.63, 3.8) is 0 Å². The summed E-state index contributed by atoms with van der Waals surface area (Å²) in [5.41, 5.74) is 0. The highest BCUT2D eigenvalue weighted by Gasteiger charge is 2.18. The molecule has 380 valence electrons. The van der Waals surface area contributed by atoms with Crippen LogP contribution in [0, 0.1) is 0 Å². The molecule has 0 aliphatic rings. The highest BCUT2D eigenvalue weighted by molar-refractivity contribution is 5.76. The highest BCUT2D eigenvalue weighted by atomic mass is 16.5. The average molecular weight is 913 g/mol. The second-order valence-electron chi connectivity index (χ2n) is 19.3. The molecule has 65 heavy (non-hydrogen) atoms. The number of ether oxygens (including phenoxy) is 1. The van der Waals surface area contributed by atoms with E-state index in [-0.39, 0.29) is 18.5 Å². The number of carbonyl (C=O) groups is 2. The van der Waals surface area contributed by atoms with E-state index in [2.05, 4.69) is 55.6 Å². The van der Waals surface area contributed by atoms with Crippen LogP contribution in [0.3, 0.4) is 0 Å². The number of esters is 1. The summed E-state index contributed by atoms with van der Waals surface area (Å²) in [7, 11) is 0. The van der Waals surface area contributed by atoms with Crippen molar-refractivity contribution in [2.75, 3.05) is 13.2 Å². The van der Waals surface area contributed by atoms with Gasteiger partial charge in [0.25, 0.3) is 0 Å². The molecule has 0 aromatic carbocycles. The predicted octanol–water partition coefficient (Wildman–Crippen LogP) is 17.4. The molecule has 0 fully saturated rings. The maximum absolute atomic E-state index is 12.4. The maximum Gasteiger partial charge on any atom is 0.305 e. The van der Waals surface area contributed by atoms with Gasteiger partial charge in [0.05, 0.1) is 25.4 Å². The lowest BCUT2D eigenvalue weighted by Gasteiger charge is -2.20. The van der Waals surface area contributed by atoms with Gasteiger partial charge in [-0.1, -0.05) is 236 Å². The van der Waals surface area contributed by atoms with Crippen molar-refractivity contribution in [3.05, 3.63) is 48.6 Å². The van der Waals surface area contributed by atoms with Crippen molar-refractivity contribution in [3.8, 4) is 0 Å². The monoisotopic (exact) mass is 912 g/mol. The zero-order valence-corrected chi connectivity index (χ0v) is 43.2. The molecule has 0 bridgehead atoms. The molecule has 1 amide bonds. The third-order valence-corrected chi connectivity index (χ3v) is 12.8. The van der Waals surface area contributed by atoms with Gasteiger partial charge < -0.3 is 20.3 Å². The molecule has 0 radical (unpaired) electrons. The van der Waals surface area contributed by atoms with Crippen LogP contribution in [-0.4, -0.2) is 47.4 Å². The highest BCUT2D eigenvalue weighted by Crippen LogP contribution is 2.15. The number of unbranched alkanes of at least 4 members (excludes halogenated alkanes) is 35. The van der Waals surface area contributed by atoms with Crippen molar-refractivity contribution in [1.29, 1.82) is 0 Å². The lowest BCUT2D eigenvalue weighted by molar-refractivity contribution is -0.143. The van der Waals surface area contributed by atoms with E-state index in [4.69, 9.17) is 4.74 Å². The Bertz CT molecular complexity index is 1100. The number of allylic oxidation sites excluding steroid dienone is 7. The molecule has 0 aliphatic carbocycles. The Kier molecular flexibility index (Phi) is 52.6. The van der Waals surface area contributed by atoms with E-state index in [1.807, 2.05) is 6.08 Å². The van der Waals surface area contributed by atoms with Crippen LogP contribution in [0.4, 0.5) is 0 Å². The van der Waals surface area contributed by atoms with Gasteiger partial charge >= 0.3 is 5.97 Å². The van der Waals surface area contributed by atoms with E-state index in [9.17, 15) is 19.8 Å². The summed E-state index contributed by atoms with van der Waals surface area (Å²) in [6.45, 7) is 4.86. The number of carbonyl (C=O) groups excluding carboxylic acids is 2. The molecule has 0 spiro atoms. The summed E-state index contributed by atoms with van der Waals surface area (Å²) in [6, 6.07) is -0.638. The van der Waals surface area contributed by atoms with E-state index in [0.717, 1.165) is 70.6 Å². The topological polar surface area (TPSA) is 95.9 Å². The lowest BCUT2D eigenvalue weighted by Crippen LogP contribution is -2.45. The van der Waals surface area contributed by atoms with Gasteiger partial charge in [0, 0.05) is 12.8 Å². The quantitative estimate of drug-likeness (QED) is 0.0321. The fraction of sp³-hybridized carbons (Fsp3) is 0.831. The first-order chi connectivity index (χ1) is 32.0. The molecular formula is C59H109NO5. The molecule has 0 aromatic heterocycles. The molecule has 2 unspecified atom stereocenters. The molecule has 0 rings (SSSR count). The predicted molar refractivity (Wildman–Crippen MR) is 282 cm³/mol. The largest absolute Gasteiger partial charge is 0.466 e. The van der Waals surface area contributed by atoms with Gasteiger partial charge in [-0.05, 0) is 89.9 Å². The van der Waals surface area contributed by atoms with E-state index < -0.39 is 12.1 Å². The molecule has 6 nitrogen and oxygen atoms in total. The summed E-state index contributed by atoms with van der Waals surface area (Å²) < 4.78 is 5.48. The number of rotatable bonds is 52. The van der Waals surface area contributed by atoms with Crippen LogP contribution in [0.25, 0.3) is 0 Å². The van der Waals surface area contributed by atoms with Gasteiger partial charge in [0.2, 0.25) is 5.91 Å². The molecule has 0 saturated carbocycles. The standard InChI is InChI=1S/C59H109NO5/c1-3-5-7-9-11-13-15-17-18-19-23-26-29-33-37-41-45-49-53-59(64)65-54-50-46-42-38-34-30-27-24-21-20-22-25-28-32-36-40-44-48-52-58(63)60-56(55-61)57(62)51-47-43-39-35-31-16-14-12-10-8-6-4-2/h13,15,18-19,22,25,47,51,56-57,61-62H,3-12,14,16-17,20-21,23-24,26-46,48-50,52-55H2,1-2H3,(H,60,63)/b15-13-,19-18-,25-22-,51-47+. The van der Waals surface area contributed by atoms with Crippen LogP contribution in [0.15, 0.2) is 48.6 Å². The minimum Gasteiger partial charge on any atom is -0.466 e. The van der Waals surface area contributed by atoms with Crippen LogP contribution in [-0.2, 0) is 14.3 Å². The number of nitrogens with one attached hydrogen (secondary N) is 1. The zero-order chi connectivity index (χ0) is 47.2. The van der Waals surface area contributed by atoms with E-state index in [1.165, 1.54) is 193 Å². The molecule has 0 heterocycles. The molecule has 0 saturated heterocycles. The van der Waals surface area contributed by atoms with E-state index >= 15 is 0 Å². The number of aliphatic hydroxyl groups excluding tert-OH is 2. The number of aliphatic hydroxyl groups is 2. The molecule has 2 atom stereocenters. The first-order valence-corrected chi connectivity index (χ1v) is 28.4. The van der Waals surface area contributed by atoms with Crippen molar-refractivity contribution in [2.24, 2.45) is 0 Å². The summed E-state index contributed by atoms with van der Waals surface area (Å²) in [6.07, 6.45) is 68.4. The molecule has 0 aromatic rings. The van der Waals surface area contributed by atoms with Crippen LogP contribution in [0.2, 0.25) is 0 Å². The Labute approximate surface area is 404 Å². The summed E-state index contributed by atoms with van der Waals surface area (Å²) >= 11 is 0. The second-order valence-corrected chi connectivity index (χ2v) is 19.3. The Morgan fingerprint density at radius 2 is 0.769 bits per heavy atom. The summed E-state index contributed by atoms with van der Waals surface area (Å²) in [5, 5.41) is 23.0. The first kappa shape index (κ1) is 62.8. The fourth-order valence-corrected chi connectivity index (χ4v) is 8.42. The van der Waals surface area contributed by atoms with E-state index in [0.29, 0.717) is 19.4 Å². The average Bonchev–Trinajstić information content (AvgIpc) is 3.31. The minimum atomic E-state index is -0.853. The Balaban J connectivity index is 3.46. The van der Waals surface area contributed by atoms with Crippen molar-refractivity contribution in [2.45, 2.75) is 302 Å². The normalized spacial score (nSPS) is 13.0. The summed E-state index contributed by atoms with van der Waals surface area (Å²) in [4.78, 5) is 24.5. The fourth-order valence-electron chi connectivity index (χ4n) is 8.42. The summed E-state index contributed by atoms with van der Waals surface area (Å²) in [5.74, 6) is -0.0900. The van der Waals surface area contributed by atoms with Crippen molar-refractivity contribution >= 4 is 11.9 Å². The maximum atomic E-state index is 12.4. The van der Waals surface area contributed by atoms with Crippen LogP contribution >= 0.6 is 0 Å². The van der Waals surface area contributed by atoms with Crippen molar-refractivity contribution in [1.82, 2.24) is 5.32 Å². The third-order valence-electron chi connectivity index (χ3n) is 12.8. The first-order valence-electron chi connectivity index (χ1n) is 28.4. The molecule has 6 heteroatoms. The minimum absolute atomic E-state index is 0.00591. The Morgan fingerprint density at radius 3 is 1.20 bits per heavy atom.